The van der Waals surface area contributed by atoms with E-state index in [-0.39, 0.29) is 0 Å². The number of nitrogens with zero attached hydrogens (tertiary/aromatic N) is 2. The van der Waals surface area contributed by atoms with Crippen molar-refractivity contribution >= 4 is 118 Å². The van der Waals surface area contributed by atoms with E-state index >= 15 is 0 Å². The van der Waals surface area contributed by atoms with Gasteiger partial charge in [0, 0.05) is 35.9 Å². The molecule has 0 atom stereocenters. The number of benzene rings is 12. The molecule has 0 aliphatic heterocycles. The summed E-state index contributed by atoms with van der Waals surface area (Å²) in [4.78, 5) is 9.35. The first-order chi connectivity index (χ1) is 34.2. The topological polar surface area (TPSA) is 25.8 Å². The fourth-order valence-corrected chi connectivity index (χ4v) is 13.8. The first kappa shape index (κ1) is 36.2. The Hall–Kier alpha value is -8.98. The summed E-state index contributed by atoms with van der Waals surface area (Å²) in [5, 5.41) is 29.1. The largest absolute Gasteiger partial charge is 0.264 e. The summed E-state index contributed by atoms with van der Waals surface area (Å²) < 4.78 is 0. The molecule has 1 aliphatic rings. The minimum Gasteiger partial charge on any atom is -0.264 e. The van der Waals surface area contributed by atoms with E-state index in [2.05, 4.69) is 193 Å². The van der Waals surface area contributed by atoms with Crippen molar-refractivity contribution in [2.75, 3.05) is 0 Å². The van der Waals surface area contributed by atoms with Gasteiger partial charge in [-0.25, -0.2) is 0 Å². The standard InChI is InChI=1S/C67H36N2/c1-35-12-2-4-16-39(35)56-53-32-36-13-3-5-17-40(36)57-43-20-8-9-21-44(43)62(67(53)57)66-52-29-25-48-46-23-27-50-60-49(26-22-45(58(46)60)47-24-28-51(65(56)66)61(52)59(47)48)63-54(37-14-10-30-68-33-37)41-18-6-7-19-42(41)55(64(50)63)38-15-11-31-69-34-38/h2-34H,1H3. The van der Waals surface area contributed by atoms with Gasteiger partial charge in [-0.15, -0.1) is 0 Å². The predicted octanol–water partition coefficient (Wildman–Crippen LogP) is 18.4. The molecule has 0 amide bonds. The Morgan fingerprint density at radius 2 is 0.696 bits per heavy atom. The van der Waals surface area contributed by atoms with Crippen LogP contribution in [0.4, 0.5) is 0 Å². The minimum atomic E-state index is 1.12. The molecule has 2 heterocycles. The Labute approximate surface area is 395 Å². The second-order valence-electron chi connectivity index (χ2n) is 19.4. The molecule has 0 saturated carbocycles. The molecule has 1 aliphatic carbocycles. The van der Waals surface area contributed by atoms with Crippen LogP contribution in [0.1, 0.15) is 5.56 Å². The first-order valence-corrected chi connectivity index (χ1v) is 24.1. The van der Waals surface area contributed by atoms with E-state index in [4.69, 9.17) is 0 Å². The maximum Gasteiger partial charge on any atom is 0.0346 e. The third-order valence-corrected chi connectivity index (χ3v) is 16.3. The lowest BCUT2D eigenvalue weighted by Gasteiger charge is -2.20. The minimum absolute atomic E-state index is 1.12. The third kappa shape index (κ3) is 4.31. The van der Waals surface area contributed by atoms with Crippen molar-refractivity contribution in [1.29, 1.82) is 0 Å². The van der Waals surface area contributed by atoms with E-state index in [1.165, 1.54) is 169 Å². The van der Waals surface area contributed by atoms with Crippen LogP contribution in [0.25, 0.3) is 174 Å². The fraction of sp³-hybridized carbons (Fsp3) is 0.0149. The Morgan fingerprint density at radius 3 is 1.30 bits per heavy atom. The van der Waals surface area contributed by atoms with Crippen LogP contribution in [0, 0.1) is 6.92 Å². The van der Waals surface area contributed by atoms with Crippen LogP contribution in [-0.4, -0.2) is 9.97 Å². The zero-order valence-corrected chi connectivity index (χ0v) is 37.4. The van der Waals surface area contributed by atoms with Crippen molar-refractivity contribution in [1.82, 2.24) is 9.97 Å². The van der Waals surface area contributed by atoms with Gasteiger partial charge in [-0.3, -0.25) is 9.97 Å². The van der Waals surface area contributed by atoms with Gasteiger partial charge in [0.25, 0.3) is 0 Å². The molecule has 14 aromatic carbocycles. The lowest BCUT2D eigenvalue weighted by atomic mass is 9.83. The summed E-state index contributed by atoms with van der Waals surface area (Å²) in [7, 11) is 0. The number of hydrogen-bond donors (Lipinski definition) is 0. The maximum atomic E-state index is 4.67. The zero-order valence-electron chi connectivity index (χ0n) is 37.4. The normalized spacial score (nSPS) is 12.7. The summed E-state index contributed by atoms with van der Waals surface area (Å²) in [6, 6.07) is 66.7. The average Bonchev–Trinajstić information content (AvgIpc) is 4.05. The first-order valence-electron chi connectivity index (χ1n) is 24.1. The van der Waals surface area contributed by atoms with Crippen molar-refractivity contribution in [2.24, 2.45) is 0 Å². The number of hydrogen-bond acceptors (Lipinski definition) is 2. The van der Waals surface area contributed by atoms with Crippen molar-refractivity contribution in [3.63, 3.8) is 0 Å². The number of aromatic nitrogens is 2. The van der Waals surface area contributed by atoms with Crippen molar-refractivity contribution in [3.05, 3.63) is 206 Å². The average molecular weight is 869 g/mol. The quantitative estimate of drug-likeness (QED) is 0.131. The lowest BCUT2D eigenvalue weighted by Crippen LogP contribution is -1.94. The van der Waals surface area contributed by atoms with Crippen LogP contribution in [0.3, 0.4) is 0 Å². The van der Waals surface area contributed by atoms with Gasteiger partial charge < -0.3 is 0 Å². The molecule has 0 unspecified atom stereocenters. The molecule has 69 heavy (non-hydrogen) atoms. The van der Waals surface area contributed by atoms with Crippen LogP contribution < -0.4 is 0 Å². The highest BCUT2D eigenvalue weighted by Crippen LogP contribution is 2.61. The van der Waals surface area contributed by atoms with Gasteiger partial charge in [-0.1, -0.05) is 158 Å². The molecular weight excluding hydrogens is 833 g/mol. The molecule has 0 radical (unpaired) electrons. The molecule has 0 spiro atoms. The molecule has 0 N–H and O–H groups in total. The predicted molar refractivity (Wildman–Crippen MR) is 294 cm³/mol. The molecule has 0 saturated heterocycles. The summed E-state index contributed by atoms with van der Waals surface area (Å²) in [5.74, 6) is 0. The Kier molecular flexibility index (Phi) is 6.66. The van der Waals surface area contributed by atoms with E-state index in [1.54, 1.807) is 0 Å². The highest BCUT2D eigenvalue weighted by Gasteiger charge is 2.33. The summed E-state index contributed by atoms with van der Waals surface area (Å²) >= 11 is 0. The second kappa shape index (κ2) is 12.7. The van der Waals surface area contributed by atoms with Gasteiger partial charge in [0.05, 0.1) is 0 Å². The Morgan fingerprint density at radius 1 is 0.261 bits per heavy atom. The number of fused-ring (bicyclic) bond motifs is 15. The molecule has 0 fully saturated rings. The van der Waals surface area contributed by atoms with Crippen molar-refractivity contribution in [2.45, 2.75) is 6.92 Å². The number of aryl methyl sites for hydroxylation is 1. The third-order valence-electron chi connectivity index (χ3n) is 16.3. The summed E-state index contributed by atoms with van der Waals surface area (Å²) in [5.41, 5.74) is 13.7. The van der Waals surface area contributed by atoms with Gasteiger partial charge in [0.15, 0.2) is 0 Å². The maximum absolute atomic E-state index is 4.67. The molecule has 314 valence electrons. The van der Waals surface area contributed by atoms with Crippen molar-refractivity contribution in [3.8, 4) is 55.6 Å². The van der Waals surface area contributed by atoms with E-state index in [1.807, 2.05) is 24.8 Å². The van der Waals surface area contributed by atoms with E-state index in [9.17, 15) is 0 Å². The van der Waals surface area contributed by atoms with Gasteiger partial charge in [0.2, 0.25) is 0 Å². The van der Waals surface area contributed by atoms with Gasteiger partial charge in [-0.05, 0) is 194 Å². The number of rotatable bonds is 3. The fourth-order valence-electron chi connectivity index (χ4n) is 13.8. The highest BCUT2D eigenvalue weighted by atomic mass is 14.6. The lowest BCUT2D eigenvalue weighted by molar-refractivity contribution is 1.33. The van der Waals surface area contributed by atoms with Crippen LogP contribution in [0.5, 0.6) is 0 Å². The number of pyridine rings is 2. The Bertz CT molecular complexity index is 4790. The van der Waals surface area contributed by atoms with E-state index < -0.39 is 0 Å². The van der Waals surface area contributed by atoms with Gasteiger partial charge in [0.1, 0.15) is 0 Å². The summed E-state index contributed by atoms with van der Waals surface area (Å²) in [6.45, 7) is 2.28. The second-order valence-corrected chi connectivity index (χ2v) is 19.4. The van der Waals surface area contributed by atoms with Crippen LogP contribution in [0.15, 0.2) is 201 Å². The molecule has 2 nitrogen and oxygen atoms in total. The molecule has 0 bridgehead atoms. The van der Waals surface area contributed by atoms with Crippen LogP contribution >= 0.6 is 0 Å². The molecular formula is C67H36N2. The monoisotopic (exact) mass is 868 g/mol. The van der Waals surface area contributed by atoms with Crippen LogP contribution in [0.2, 0.25) is 0 Å². The zero-order chi connectivity index (χ0) is 44.8. The van der Waals surface area contributed by atoms with E-state index in [0.29, 0.717) is 0 Å². The molecule has 2 heteroatoms. The van der Waals surface area contributed by atoms with Crippen LogP contribution in [-0.2, 0) is 0 Å². The van der Waals surface area contributed by atoms with E-state index in [0.717, 1.165) is 11.1 Å². The highest BCUT2D eigenvalue weighted by molar-refractivity contribution is 6.53. The Balaban J connectivity index is 1.06. The molecule has 17 rings (SSSR count). The smallest absolute Gasteiger partial charge is 0.0346 e. The van der Waals surface area contributed by atoms with Crippen molar-refractivity contribution < 1.29 is 0 Å². The van der Waals surface area contributed by atoms with Gasteiger partial charge >= 0.3 is 0 Å². The summed E-state index contributed by atoms with van der Waals surface area (Å²) in [6.07, 6.45) is 7.81. The molecule has 16 aromatic rings. The molecule has 2 aromatic heterocycles. The van der Waals surface area contributed by atoms with Gasteiger partial charge in [-0.2, -0.15) is 0 Å². The SMILES string of the molecule is Cc1ccccc1-c1c2cc3ccccc3c3c4ccccc4c(c4c5ccc6c7ccc8c9c(ccc(c%10ccc(c14)c5c%106)c97)-c1c-8c(-c4cccnc4)c4ccccc4c1-c1cccnc1)c23.